The lowest BCUT2D eigenvalue weighted by Crippen LogP contribution is -2.36. The summed E-state index contributed by atoms with van der Waals surface area (Å²) in [6.07, 6.45) is 0. The summed E-state index contributed by atoms with van der Waals surface area (Å²) in [7, 11) is 1.52. The molecule has 0 fully saturated rings. The van der Waals surface area contributed by atoms with E-state index in [1.165, 1.54) is 7.11 Å². The Morgan fingerprint density at radius 1 is 1.67 bits per heavy atom. The predicted octanol–water partition coefficient (Wildman–Crippen LogP) is 0.891. The van der Waals surface area contributed by atoms with E-state index in [1.807, 2.05) is 18.7 Å². The highest BCUT2D eigenvalue weighted by molar-refractivity contribution is 7.99. The van der Waals surface area contributed by atoms with Crippen LogP contribution in [0.5, 0.6) is 0 Å². The molecule has 0 saturated carbocycles. The van der Waals surface area contributed by atoms with E-state index in [4.69, 9.17) is 4.74 Å². The number of carbonyl (C=O) groups is 1. The maximum absolute atomic E-state index is 11.0. The second kappa shape index (κ2) is 7.43. The van der Waals surface area contributed by atoms with Crippen molar-refractivity contribution >= 4 is 17.7 Å². The molecule has 0 radical (unpaired) electrons. The average molecular weight is 191 g/mol. The topological polar surface area (TPSA) is 38.3 Å². The van der Waals surface area contributed by atoms with E-state index in [-0.39, 0.29) is 18.6 Å². The molecular weight excluding hydrogens is 174 g/mol. The zero-order chi connectivity index (χ0) is 9.40. The standard InChI is InChI=1S/C8H17NO2S/c1-4-12-6-7(2)9-8(10)5-11-3/h7H,4-6H2,1-3H3,(H,9,10). The molecular formula is C8H17NO2S. The van der Waals surface area contributed by atoms with Crippen LogP contribution in [0.2, 0.25) is 0 Å². The first kappa shape index (κ1) is 11.8. The molecule has 0 aromatic rings. The van der Waals surface area contributed by atoms with Crippen molar-refractivity contribution < 1.29 is 9.53 Å². The van der Waals surface area contributed by atoms with E-state index >= 15 is 0 Å². The zero-order valence-corrected chi connectivity index (χ0v) is 8.74. The molecule has 1 amide bonds. The second-order valence-electron chi connectivity index (χ2n) is 2.56. The monoisotopic (exact) mass is 191 g/mol. The van der Waals surface area contributed by atoms with Crippen LogP contribution in [0.25, 0.3) is 0 Å². The van der Waals surface area contributed by atoms with E-state index in [1.54, 1.807) is 0 Å². The van der Waals surface area contributed by atoms with Crippen molar-refractivity contribution in [1.82, 2.24) is 5.32 Å². The fraction of sp³-hybridized carbons (Fsp3) is 0.875. The minimum Gasteiger partial charge on any atom is -0.375 e. The SMILES string of the molecule is CCSCC(C)NC(=O)COC. The third-order valence-corrected chi connectivity index (χ3v) is 2.40. The number of carbonyl (C=O) groups excluding carboxylic acids is 1. The van der Waals surface area contributed by atoms with Crippen molar-refractivity contribution in [2.75, 3.05) is 25.2 Å². The Kier molecular flexibility index (Phi) is 7.29. The molecule has 0 aliphatic rings. The number of hydrogen-bond acceptors (Lipinski definition) is 3. The minimum atomic E-state index is -0.0401. The number of nitrogens with one attached hydrogen (secondary N) is 1. The molecule has 4 heteroatoms. The Labute approximate surface area is 78.2 Å². The third-order valence-electron chi connectivity index (χ3n) is 1.25. The van der Waals surface area contributed by atoms with Gasteiger partial charge in [0.1, 0.15) is 6.61 Å². The fourth-order valence-corrected chi connectivity index (χ4v) is 1.46. The largest absolute Gasteiger partial charge is 0.375 e. The summed E-state index contributed by atoms with van der Waals surface area (Å²) in [5, 5.41) is 2.83. The van der Waals surface area contributed by atoms with Crippen molar-refractivity contribution in [2.45, 2.75) is 19.9 Å². The summed E-state index contributed by atoms with van der Waals surface area (Å²) in [4.78, 5) is 11.0. The van der Waals surface area contributed by atoms with Gasteiger partial charge in [0.25, 0.3) is 0 Å². The van der Waals surface area contributed by atoms with Crippen molar-refractivity contribution in [3.63, 3.8) is 0 Å². The first-order chi connectivity index (χ1) is 5.70. The Morgan fingerprint density at radius 2 is 2.33 bits per heavy atom. The number of amides is 1. The summed E-state index contributed by atoms with van der Waals surface area (Å²) in [6, 6.07) is 0.234. The number of ether oxygens (including phenoxy) is 1. The van der Waals surface area contributed by atoms with Crippen molar-refractivity contribution in [1.29, 1.82) is 0 Å². The van der Waals surface area contributed by atoms with Crippen LogP contribution in [0, 0.1) is 0 Å². The van der Waals surface area contributed by atoms with Gasteiger partial charge < -0.3 is 10.1 Å². The molecule has 0 aromatic carbocycles. The molecule has 1 atom stereocenters. The maximum atomic E-state index is 11.0. The van der Waals surface area contributed by atoms with Crippen molar-refractivity contribution in [3.05, 3.63) is 0 Å². The van der Waals surface area contributed by atoms with Crippen LogP contribution in [0.4, 0.5) is 0 Å². The number of methoxy groups -OCH3 is 1. The summed E-state index contributed by atoms with van der Waals surface area (Å²) in [5.74, 6) is 2.01. The van der Waals surface area contributed by atoms with Crippen LogP contribution in [0.15, 0.2) is 0 Å². The lowest BCUT2D eigenvalue weighted by atomic mass is 10.4. The van der Waals surface area contributed by atoms with Crippen LogP contribution < -0.4 is 5.32 Å². The van der Waals surface area contributed by atoms with Gasteiger partial charge in [-0.05, 0) is 12.7 Å². The minimum absolute atomic E-state index is 0.0401. The van der Waals surface area contributed by atoms with Gasteiger partial charge in [-0.15, -0.1) is 0 Å². The van der Waals surface area contributed by atoms with E-state index < -0.39 is 0 Å². The summed E-state index contributed by atoms with van der Waals surface area (Å²) in [5.41, 5.74) is 0. The molecule has 0 bridgehead atoms. The van der Waals surface area contributed by atoms with Gasteiger partial charge in [0.2, 0.25) is 5.91 Å². The first-order valence-electron chi connectivity index (χ1n) is 4.06. The summed E-state index contributed by atoms with van der Waals surface area (Å²) in [6.45, 7) is 4.26. The Balaban J connectivity index is 3.40. The van der Waals surface area contributed by atoms with E-state index in [2.05, 4.69) is 12.2 Å². The summed E-state index contributed by atoms with van der Waals surface area (Å²) < 4.78 is 4.69. The average Bonchev–Trinajstić information content (AvgIpc) is 2.01. The highest BCUT2D eigenvalue weighted by Crippen LogP contribution is 2.00. The maximum Gasteiger partial charge on any atom is 0.246 e. The highest BCUT2D eigenvalue weighted by atomic mass is 32.2. The van der Waals surface area contributed by atoms with Gasteiger partial charge in [-0.2, -0.15) is 11.8 Å². The van der Waals surface area contributed by atoms with Gasteiger partial charge in [-0.25, -0.2) is 0 Å². The lowest BCUT2D eigenvalue weighted by molar-refractivity contribution is -0.125. The molecule has 1 unspecified atom stereocenters. The van der Waals surface area contributed by atoms with Gasteiger partial charge in [-0.1, -0.05) is 6.92 Å². The Morgan fingerprint density at radius 3 is 2.83 bits per heavy atom. The molecule has 0 aromatic heterocycles. The molecule has 0 spiro atoms. The number of thioether (sulfide) groups is 1. The van der Waals surface area contributed by atoms with Crippen LogP contribution in [-0.4, -0.2) is 37.2 Å². The Hall–Kier alpha value is -0.220. The van der Waals surface area contributed by atoms with E-state index in [0.29, 0.717) is 0 Å². The fourth-order valence-electron chi connectivity index (χ4n) is 0.784. The zero-order valence-electron chi connectivity index (χ0n) is 7.92. The van der Waals surface area contributed by atoms with Gasteiger partial charge in [0.15, 0.2) is 0 Å². The number of rotatable bonds is 6. The van der Waals surface area contributed by atoms with E-state index in [9.17, 15) is 4.79 Å². The van der Waals surface area contributed by atoms with Crippen LogP contribution >= 0.6 is 11.8 Å². The van der Waals surface area contributed by atoms with Gasteiger partial charge in [-0.3, -0.25) is 4.79 Å². The van der Waals surface area contributed by atoms with Crippen molar-refractivity contribution in [3.8, 4) is 0 Å². The lowest BCUT2D eigenvalue weighted by Gasteiger charge is -2.12. The molecule has 72 valence electrons. The number of hydrogen-bond donors (Lipinski definition) is 1. The van der Waals surface area contributed by atoms with Gasteiger partial charge >= 0.3 is 0 Å². The van der Waals surface area contributed by atoms with E-state index in [0.717, 1.165) is 11.5 Å². The molecule has 0 rings (SSSR count). The Bertz CT molecular complexity index is 130. The molecule has 0 saturated heterocycles. The van der Waals surface area contributed by atoms with Gasteiger partial charge in [0.05, 0.1) is 0 Å². The first-order valence-corrected chi connectivity index (χ1v) is 5.22. The van der Waals surface area contributed by atoms with Crippen LogP contribution in [0.3, 0.4) is 0 Å². The van der Waals surface area contributed by atoms with Crippen molar-refractivity contribution in [2.24, 2.45) is 0 Å². The second-order valence-corrected chi connectivity index (χ2v) is 3.88. The van der Waals surface area contributed by atoms with Crippen LogP contribution in [0.1, 0.15) is 13.8 Å². The quantitative estimate of drug-likeness (QED) is 0.677. The van der Waals surface area contributed by atoms with Gasteiger partial charge in [0, 0.05) is 18.9 Å². The third kappa shape index (κ3) is 6.49. The molecule has 0 aliphatic heterocycles. The predicted molar refractivity (Wildman–Crippen MR) is 52.5 cm³/mol. The molecule has 1 N–H and O–H groups in total. The smallest absolute Gasteiger partial charge is 0.246 e. The molecule has 0 heterocycles. The molecule has 0 aliphatic carbocycles. The molecule has 3 nitrogen and oxygen atoms in total. The highest BCUT2D eigenvalue weighted by Gasteiger charge is 2.05. The molecule has 12 heavy (non-hydrogen) atoms. The van der Waals surface area contributed by atoms with Crippen LogP contribution in [-0.2, 0) is 9.53 Å². The normalized spacial score (nSPS) is 12.6. The summed E-state index contributed by atoms with van der Waals surface area (Å²) >= 11 is 1.82.